The highest BCUT2D eigenvalue weighted by atomic mass is 79.9. The number of rotatable bonds is 6. The fourth-order valence-electron chi connectivity index (χ4n) is 2.13. The molecule has 0 saturated heterocycles. The molecule has 3 aromatic rings. The lowest BCUT2D eigenvalue weighted by atomic mass is 10.2. The predicted octanol–water partition coefficient (Wildman–Crippen LogP) is 3.90. The van der Waals surface area contributed by atoms with Gasteiger partial charge in [0, 0.05) is 17.2 Å². The summed E-state index contributed by atoms with van der Waals surface area (Å²) in [6, 6.07) is 13.0. The Balaban J connectivity index is 1.86. The van der Waals surface area contributed by atoms with Crippen LogP contribution in [0, 0.1) is 10.1 Å². The minimum atomic E-state index is -0.519. The number of aromatic nitrogens is 3. The molecule has 2 aromatic heterocycles. The van der Waals surface area contributed by atoms with E-state index >= 15 is 0 Å². The summed E-state index contributed by atoms with van der Waals surface area (Å²) in [5.74, 6) is 0.660. The Kier molecular flexibility index (Phi) is 5.14. The van der Waals surface area contributed by atoms with E-state index in [9.17, 15) is 10.1 Å². The first-order chi connectivity index (χ1) is 12.1. The van der Waals surface area contributed by atoms with Gasteiger partial charge < -0.3 is 10.6 Å². The van der Waals surface area contributed by atoms with Gasteiger partial charge in [0.15, 0.2) is 0 Å². The highest BCUT2D eigenvalue weighted by Crippen LogP contribution is 2.31. The fraction of sp³-hybridized carbons (Fsp3) is 0.0625. The third kappa shape index (κ3) is 4.27. The number of hydrogen-bond acceptors (Lipinski definition) is 7. The molecule has 2 heterocycles. The van der Waals surface area contributed by atoms with Crippen LogP contribution in [0.25, 0.3) is 0 Å². The highest BCUT2D eigenvalue weighted by Gasteiger charge is 2.23. The monoisotopic (exact) mass is 400 g/mol. The number of nitrogens with zero attached hydrogens (tertiary/aromatic N) is 4. The topological polar surface area (TPSA) is 106 Å². The SMILES string of the molecule is O=[N+]([O-])c1c(NCc2ccccc2)ncnc1Nc1ccc(Br)cn1. The van der Waals surface area contributed by atoms with Gasteiger partial charge in [-0.05, 0) is 33.6 Å². The van der Waals surface area contributed by atoms with Gasteiger partial charge in [-0.3, -0.25) is 10.1 Å². The molecule has 0 unspecified atom stereocenters. The molecule has 0 aliphatic rings. The van der Waals surface area contributed by atoms with Crippen LogP contribution in [0.15, 0.2) is 59.5 Å². The minimum Gasteiger partial charge on any atom is -0.360 e. The maximum absolute atomic E-state index is 11.5. The number of nitrogens with one attached hydrogen (secondary N) is 2. The average Bonchev–Trinajstić information content (AvgIpc) is 2.62. The normalized spacial score (nSPS) is 10.3. The van der Waals surface area contributed by atoms with Gasteiger partial charge in [-0.25, -0.2) is 15.0 Å². The maximum Gasteiger partial charge on any atom is 0.353 e. The molecule has 25 heavy (non-hydrogen) atoms. The van der Waals surface area contributed by atoms with Crippen LogP contribution in [-0.2, 0) is 6.54 Å². The van der Waals surface area contributed by atoms with Crippen molar-refractivity contribution in [2.45, 2.75) is 6.54 Å². The molecule has 0 amide bonds. The van der Waals surface area contributed by atoms with E-state index in [0.29, 0.717) is 12.4 Å². The fourth-order valence-corrected chi connectivity index (χ4v) is 2.36. The summed E-state index contributed by atoms with van der Waals surface area (Å²) < 4.78 is 0.806. The molecule has 2 N–H and O–H groups in total. The van der Waals surface area contributed by atoms with E-state index in [1.54, 1.807) is 18.3 Å². The van der Waals surface area contributed by atoms with Gasteiger partial charge in [-0.1, -0.05) is 30.3 Å². The van der Waals surface area contributed by atoms with Crippen LogP contribution in [0.4, 0.5) is 23.1 Å². The molecule has 0 spiro atoms. The Bertz CT molecular complexity index is 874. The van der Waals surface area contributed by atoms with Gasteiger partial charge in [-0.2, -0.15) is 0 Å². The number of anilines is 3. The molecule has 0 radical (unpaired) electrons. The van der Waals surface area contributed by atoms with E-state index in [2.05, 4.69) is 41.5 Å². The zero-order chi connectivity index (χ0) is 17.6. The Morgan fingerprint density at radius 3 is 2.48 bits per heavy atom. The lowest BCUT2D eigenvalue weighted by Crippen LogP contribution is -2.08. The Labute approximate surface area is 151 Å². The number of nitro groups is 1. The lowest BCUT2D eigenvalue weighted by molar-refractivity contribution is -0.383. The van der Waals surface area contributed by atoms with Crippen LogP contribution in [0.2, 0.25) is 0 Å². The number of hydrogen-bond donors (Lipinski definition) is 2. The van der Waals surface area contributed by atoms with Crippen LogP contribution in [-0.4, -0.2) is 19.9 Å². The molecule has 0 bridgehead atoms. The van der Waals surface area contributed by atoms with Crippen molar-refractivity contribution in [3.05, 3.63) is 75.1 Å². The Morgan fingerprint density at radius 2 is 1.80 bits per heavy atom. The number of benzene rings is 1. The third-order valence-electron chi connectivity index (χ3n) is 3.28. The van der Waals surface area contributed by atoms with Crippen LogP contribution in [0.3, 0.4) is 0 Å². The van der Waals surface area contributed by atoms with Gasteiger partial charge in [0.25, 0.3) is 0 Å². The summed E-state index contributed by atoms with van der Waals surface area (Å²) in [6.45, 7) is 0.411. The molecule has 0 saturated carbocycles. The largest absolute Gasteiger partial charge is 0.360 e. The summed E-state index contributed by atoms with van der Waals surface area (Å²) in [4.78, 5) is 23.1. The van der Waals surface area contributed by atoms with Crippen molar-refractivity contribution in [3.63, 3.8) is 0 Å². The standard InChI is InChI=1S/C16H13BrN6O2/c17-12-6-7-13(18-9-12)22-16-14(23(24)25)15(20-10-21-16)19-8-11-4-2-1-3-5-11/h1-7,9-10H,8H2,(H2,18,19,20,21,22). The van der Waals surface area contributed by atoms with Crippen molar-refractivity contribution in [1.29, 1.82) is 0 Å². The van der Waals surface area contributed by atoms with Crippen molar-refractivity contribution >= 4 is 39.1 Å². The van der Waals surface area contributed by atoms with E-state index in [4.69, 9.17) is 0 Å². The molecular formula is C16H13BrN6O2. The summed E-state index contributed by atoms with van der Waals surface area (Å²) in [7, 11) is 0. The minimum absolute atomic E-state index is 0.0744. The van der Waals surface area contributed by atoms with Crippen molar-refractivity contribution < 1.29 is 4.92 Å². The Morgan fingerprint density at radius 1 is 1.04 bits per heavy atom. The van der Waals surface area contributed by atoms with E-state index in [1.807, 2.05) is 30.3 Å². The van der Waals surface area contributed by atoms with Gasteiger partial charge in [0.05, 0.1) is 4.92 Å². The zero-order valence-electron chi connectivity index (χ0n) is 12.9. The van der Waals surface area contributed by atoms with Gasteiger partial charge in [0.2, 0.25) is 11.6 Å². The molecular weight excluding hydrogens is 388 g/mol. The van der Waals surface area contributed by atoms with E-state index < -0.39 is 4.92 Å². The van der Waals surface area contributed by atoms with E-state index in [0.717, 1.165) is 10.0 Å². The molecule has 0 atom stereocenters. The smallest absolute Gasteiger partial charge is 0.353 e. The first-order valence-corrected chi connectivity index (χ1v) is 8.08. The summed E-state index contributed by atoms with van der Waals surface area (Å²) in [5.41, 5.74) is 0.752. The summed E-state index contributed by atoms with van der Waals surface area (Å²) in [5, 5.41) is 17.4. The summed E-state index contributed by atoms with van der Waals surface area (Å²) >= 11 is 3.29. The molecule has 3 rings (SSSR count). The quantitative estimate of drug-likeness (QED) is 0.477. The van der Waals surface area contributed by atoms with Crippen LogP contribution in [0.1, 0.15) is 5.56 Å². The average molecular weight is 401 g/mol. The third-order valence-corrected chi connectivity index (χ3v) is 3.75. The van der Waals surface area contributed by atoms with E-state index in [-0.39, 0.29) is 17.3 Å². The number of pyridine rings is 1. The Hall–Kier alpha value is -3.07. The molecule has 9 heteroatoms. The highest BCUT2D eigenvalue weighted by molar-refractivity contribution is 9.10. The van der Waals surface area contributed by atoms with Crippen molar-refractivity contribution in [2.24, 2.45) is 0 Å². The molecule has 0 aliphatic heterocycles. The maximum atomic E-state index is 11.5. The van der Waals surface area contributed by atoms with Crippen molar-refractivity contribution in [3.8, 4) is 0 Å². The first kappa shape index (κ1) is 16.8. The van der Waals surface area contributed by atoms with Crippen LogP contribution >= 0.6 is 15.9 Å². The second kappa shape index (κ2) is 7.67. The second-order valence-electron chi connectivity index (χ2n) is 5.00. The molecule has 0 aliphatic carbocycles. The molecule has 126 valence electrons. The second-order valence-corrected chi connectivity index (χ2v) is 5.92. The van der Waals surface area contributed by atoms with Gasteiger partial charge in [-0.15, -0.1) is 0 Å². The first-order valence-electron chi connectivity index (χ1n) is 7.29. The molecule has 0 fully saturated rings. The van der Waals surface area contributed by atoms with Gasteiger partial charge >= 0.3 is 5.69 Å². The van der Waals surface area contributed by atoms with Crippen LogP contribution in [0.5, 0.6) is 0 Å². The van der Waals surface area contributed by atoms with Crippen LogP contribution < -0.4 is 10.6 Å². The molecule has 1 aromatic carbocycles. The summed E-state index contributed by atoms with van der Waals surface area (Å²) in [6.07, 6.45) is 2.85. The van der Waals surface area contributed by atoms with Crippen molar-refractivity contribution in [1.82, 2.24) is 15.0 Å². The predicted molar refractivity (Wildman–Crippen MR) is 97.7 cm³/mol. The van der Waals surface area contributed by atoms with Gasteiger partial charge in [0.1, 0.15) is 12.1 Å². The molecule has 8 nitrogen and oxygen atoms in total. The van der Waals surface area contributed by atoms with E-state index in [1.165, 1.54) is 6.33 Å². The lowest BCUT2D eigenvalue weighted by Gasteiger charge is -2.09. The number of halogens is 1. The zero-order valence-corrected chi connectivity index (χ0v) is 14.5. The van der Waals surface area contributed by atoms with Crippen molar-refractivity contribution in [2.75, 3.05) is 10.6 Å².